The molecule has 2 rings (SSSR count). The average Bonchev–Trinajstić information content (AvgIpc) is 2.16. The Morgan fingerprint density at radius 3 is 2.73 bits per heavy atom. The molecule has 15 heavy (non-hydrogen) atoms. The highest BCUT2D eigenvalue weighted by atomic mass is 15.1. The van der Waals surface area contributed by atoms with Crippen LogP contribution in [0.4, 0.5) is 11.4 Å². The van der Waals surface area contributed by atoms with Gasteiger partial charge in [-0.05, 0) is 43.9 Å². The summed E-state index contributed by atoms with van der Waals surface area (Å²) in [5, 5.41) is 0. The van der Waals surface area contributed by atoms with E-state index in [1.165, 1.54) is 31.5 Å². The van der Waals surface area contributed by atoms with Crippen LogP contribution in [0.5, 0.6) is 0 Å². The summed E-state index contributed by atoms with van der Waals surface area (Å²) in [5.74, 6) is 0.909. The van der Waals surface area contributed by atoms with Gasteiger partial charge in [0.2, 0.25) is 0 Å². The number of nitrogen functional groups attached to an aromatic ring is 1. The molecule has 2 nitrogen and oxygen atoms in total. The fraction of sp³-hybridized carbons (Fsp3) is 0.538. The molecule has 0 atom stereocenters. The minimum absolute atomic E-state index is 0.861. The summed E-state index contributed by atoms with van der Waals surface area (Å²) in [4.78, 5) is 2.43. The number of nitrogens with two attached hydrogens (primary N) is 1. The van der Waals surface area contributed by atoms with Crippen molar-refractivity contribution in [2.24, 2.45) is 5.92 Å². The Balaban J connectivity index is 2.04. The van der Waals surface area contributed by atoms with Gasteiger partial charge in [0.25, 0.3) is 0 Å². The van der Waals surface area contributed by atoms with Crippen molar-refractivity contribution in [3.05, 3.63) is 24.3 Å². The summed E-state index contributed by atoms with van der Waals surface area (Å²) in [5.41, 5.74) is 7.93. The molecule has 2 heteroatoms. The van der Waals surface area contributed by atoms with Gasteiger partial charge in [0.1, 0.15) is 0 Å². The molecule has 0 aliphatic heterocycles. The molecule has 1 fully saturated rings. The second-order valence-electron chi connectivity index (χ2n) is 4.43. The predicted molar refractivity (Wildman–Crippen MR) is 66.1 cm³/mol. The van der Waals surface area contributed by atoms with Crippen LogP contribution in [0.3, 0.4) is 0 Å². The van der Waals surface area contributed by atoms with Gasteiger partial charge in [0.05, 0.1) is 0 Å². The number of nitrogens with zero attached hydrogens (tertiary/aromatic N) is 1. The second kappa shape index (κ2) is 4.56. The van der Waals surface area contributed by atoms with Crippen LogP contribution in [-0.4, -0.2) is 13.1 Å². The standard InChI is InChI=1S/C13H20N2/c1-2-15(10-11-5-3-6-11)13-8-4-7-12(14)9-13/h4,7-9,11H,2-3,5-6,10,14H2,1H3. The molecule has 1 aliphatic rings. The lowest BCUT2D eigenvalue weighted by Crippen LogP contribution is -2.32. The molecule has 0 aromatic heterocycles. The van der Waals surface area contributed by atoms with E-state index in [1.807, 2.05) is 12.1 Å². The molecule has 0 heterocycles. The zero-order valence-corrected chi connectivity index (χ0v) is 9.45. The van der Waals surface area contributed by atoms with Crippen LogP contribution in [0, 0.1) is 5.92 Å². The second-order valence-corrected chi connectivity index (χ2v) is 4.43. The van der Waals surface area contributed by atoms with Crippen LogP contribution >= 0.6 is 0 Å². The van der Waals surface area contributed by atoms with Crippen molar-refractivity contribution in [1.82, 2.24) is 0 Å². The molecular formula is C13H20N2. The number of rotatable bonds is 4. The lowest BCUT2D eigenvalue weighted by molar-refractivity contribution is 0.318. The molecule has 1 saturated carbocycles. The highest BCUT2D eigenvalue weighted by Gasteiger charge is 2.20. The first-order valence-electron chi connectivity index (χ1n) is 5.90. The zero-order valence-electron chi connectivity index (χ0n) is 9.45. The van der Waals surface area contributed by atoms with E-state index in [0.29, 0.717) is 0 Å². The normalized spacial score (nSPS) is 16.1. The van der Waals surface area contributed by atoms with Gasteiger partial charge in [0, 0.05) is 24.5 Å². The Bertz CT molecular complexity index is 318. The molecule has 0 radical (unpaired) electrons. The molecule has 1 aromatic rings. The fourth-order valence-corrected chi connectivity index (χ4v) is 2.13. The third kappa shape index (κ3) is 2.44. The SMILES string of the molecule is CCN(CC1CCC1)c1cccc(N)c1. The minimum atomic E-state index is 0.861. The number of hydrogen-bond donors (Lipinski definition) is 1. The number of benzene rings is 1. The number of hydrogen-bond acceptors (Lipinski definition) is 2. The van der Waals surface area contributed by atoms with E-state index < -0.39 is 0 Å². The van der Waals surface area contributed by atoms with Crippen LogP contribution in [0.25, 0.3) is 0 Å². The van der Waals surface area contributed by atoms with Gasteiger partial charge < -0.3 is 10.6 Å². The Labute approximate surface area is 92.1 Å². The highest BCUT2D eigenvalue weighted by Crippen LogP contribution is 2.29. The summed E-state index contributed by atoms with van der Waals surface area (Å²) in [6.07, 6.45) is 4.22. The van der Waals surface area contributed by atoms with Crippen LogP contribution in [0.2, 0.25) is 0 Å². The smallest absolute Gasteiger partial charge is 0.0386 e. The van der Waals surface area contributed by atoms with Crippen LogP contribution < -0.4 is 10.6 Å². The van der Waals surface area contributed by atoms with Gasteiger partial charge in [-0.15, -0.1) is 0 Å². The third-order valence-corrected chi connectivity index (χ3v) is 3.32. The Hall–Kier alpha value is -1.18. The summed E-state index contributed by atoms with van der Waals surface area (Å²) in [7, 11) is 0. The van der Waals surface area contributed by atoms with E-state index in [2.05, 4.69) is 24.0 Å². The van der Waals surface area contributed by atoms with Gasteiger partial charge in [-0.2, -0.15) is 0 Å². The van der Waals surface area contributed by atoms with E-state index in [1.54, 1.807) is 0 Å². The summed E-state index contributed by atoms with van der Waals surface area (Å²) >= 11 is 0. The summed E-state index contributed by atoms with van der Waals surface area (Å²) < 4.78 is 0. The minimum Gasteiger partial charge on any atom is -0.399 e. The van der Waals surface area contributed by atoms with Crippen molar-refractivity contribution < 1.29 is 0 Å². The Morgan fingerprint density at radius 2 is 2.20 bits per heavy atom. The van der Waals surface area contributed by atoms with Crippen LogP contribution in [-0.2, 0) is 0 Å². The van der Waals surface area contributed by atoms with E-state index in [4.69, 9.17) is 5.73 Å². The Morgan fingerprint density at radius 1 is 1.40 bits per heavy atom. The molecule has 1 aromatic carbocycles. The maximum absolute atomic E-state index is 5.80. The molecule has 0 saturated heterocycles. The first-order chi connectivity index (χ1) is 7.29. The Kier molecular flexibility index (Phi) is 3.14. The highest BCUT2D eigenvalue weighted by molar-refractivity contribution is 5.55. The third-order valence-electron chi connectivity index (χ3n) is 3.32. The van der Waals surface area contributed by atoms with Crippen molar-refractivity contribution in [2.75, 3.05) is 23.7 Å². The topological polar surface area (TPSA) is 29.3 Å². The molecule has 2 N–H and O–H groups in total. The van der Waals surface area contributed by atoms with Gasteiger partial charge in [-0.3, -0.25) is 0 Å². The first kappa shape index (κ1) is 10.3. The van der Waals surface area contributed by atoms with E-state index >= 15 is 0 Å². The zero-order chi connectivity index (χ0) is 10.7. The maximum atomic E-state index is 5.80. The van der Waals surface area contributed by atoms with Gasteiger partial charge in [0.15, 0.2) is 0 Å². The molecule has 0 amide bonds. The van der Waals surface area contributed by atoms with Crippen molar-refractivity contribution in [3.8, 4) is 0 Å². The van der Waals surface area contributed by atoms with Gasteiger partial charge in [-0.1, -0.05) is 12.5 Å². The lowest BCUT2D eigenvalue weighted by Gasteiger charge is -2.33. The van der Waals surface area contributed by atoms with E-state index in [0.717, 1.165) is 18.2 Å². The molecule has 0 bridgehead atoms. The van der Waals surface area contributed by atoms with Crippen molar-refractivity contribution >= 4 is 11.4 Å². The molecule has 1 aliphatic carbocycles. The maximum Gasteiger partial charge on any atom is 0.0386 e. The quantitative estimate of drug-likeness (QED) is 0.764. The number of anilines is 2. The van der Waals surface area contributed by atoms with Gasteiger partial charge >= 0.3 is 0 Å². The van der Waals surface area contributed by atoms with Crippen molar-refractivity contribution in [3.63, 3.8) is 0 Å². The molecule has 0 unspecified atom stereocenters. The monoisotopic (exact) mass is 204 g/mol. The summed E-state index contributed by atoms with van der Waals surface area (Å²) in [6, 6.07) is 8.20. The van der Waals surface area contributed by atoms with Crippen molar-refractivity contribution in [2.45, 2.75) is 26.2 Å². The molecule has 0 spiro atoms. The van der Waals surface area contributed by atoms with E-state index in [-0.39, 0.29) is 0 Å². The summed E-state index contributed by atoms with van der Waals surface area (Å²) in [6.45, 7) is 4.47. The first-order valence-corrected chi connectivity index (χ1v) is 5.90. The largest absolute Gasteiger partial charge is 0.399 e. The van der Waals surface area contributed by atoms with Crippen molar-refractivity contribution in [1.29, 1.82) is 0 Å². The van der Waals surface area contributed by atoms with E-state index in [9.17, 15) is 0 Å². The van der Waals surface area contributed by atoms with Gasteiger partial charge in [-0.25, -0.2) is 0 Å². The predicted octanol–water partition coefficient (Wildman–Crippen LogP) is 2.90. The van der Waals surface area contributed by atoms with Crippen LogP contribution in [0.1, 0.15) is 26.2 Å². The lowest BCUT2D eigenvalue weighted by atomic mass is 9.85. The van der Waals surface area contributed by atoms with Crippen LogP contribution in [0.15, 0.2) is 24.3 Å². The average molecular weight is 204 g/mol. The molecular weight excluding hydrogens is 184 g/mol. The molecule has 82 valence electrons. The fourth-order valence-electron chi connectivity index (χ4n) is 2.13.